The molecular formula is C22H31N3O3. The molecule has 152 valence electrons. The number of nitrogens with one attached hydrogen (secondary N) is 1. The predicted octanol–water partition coefficient (Wildman–Crippen LogP) is 4.35. The second-order valence-corrected chi connectivity index (χ2v) is 9.47. The van der Waals surface area contributed by atoms with Crippen LogP contribution in [0.5, 0.6) is 0 Å². The van der Waals surface area contributed by atoms with Gasteiger partial charge in [-0.25, -0.2) is 4.79 Å². The number of nitrogens with zero attached hydrogens (tertiary/aromatic N) is 2. The largest absolute Gasteiger partial charge is 0.444 e. The van der Waals surface area contributed by atoms with E-state index in [9.17, 15) is 9.59 Å². The summed E-state index contributed by atoms with van der Waals surface area (Å²) in [5.74, 6) is 0.451. The molecule has 6 heteroatoms. The molecule has 2 fully saturated rings. The molecule has 0 unspecified atom stereocenters. The van der Waals surface area contributed by atoms with E-state index in [1.807, 2.05) is 26.8 Å². The lowest BCUT2D eigenvalue weighted by atomic mass is 9.72. The van der Waals surface area contributed by atoms with Crippen molar-refractivity contribution in [3.63, 3.8) is 0 Å². The van der Waals surface area contributed by atoms with E-state index >= 15 is 0 Å². The van der Waals surface area contributed by atoms with Gasteiger partial charge in [-0.2, -0.15) is 0 Å². The molecule has 1 spiro atoms. The number of aromatic nitrogens is 1. The molecule has 2 aliphatic heterocycles. The maximum Gasteiger partial charge on any atom is 0.410 e. The maximum absolute atomic E-state index is 12.7. The van der Waals surface area contributed by atoms with Gasteiger partial charge in [0.25, 0.3) is 0 Å². The monoisotopic (exact) mass is 385 g/mol. The molecule has 0 bridgehead atoms. The third-order valence-corrected chi connectivity index (χ3v) is 6.32. The summed E-state index contributed by atoms with van der Waals surface area (Å²) in [6.07, 6.45) is 6.70. The number of amides is 2. The molecule has 0 radical (unpaired) electrons. The van der Waals surface area contributed by atoms with Crippen molar-refractivity contribution in [2.24, 2.45) is 0 Å². The molecule has 3 aliphatic rings. The molecule has 1 aliphatic carbocycles. The summed E-state index contributed by atoms with van der Waals surface area (Å²) >= 11 is 0. The number of carbonyl (C=O) groups excluding carboxylic acids is 2. The van der Waals surface area contributed by atoms with Crippen molar-refractivity contribution in [2.75, 3.05) is 18.4 Å². The standard InChI is InChI=1S/C22H31N3O3/c1-21(2,3)28-20(27)25-13-9-15(10-14-25)16-7-8-17-18(23-16)22(19(26)24-17)11-5-4-6-12-22/h7-8,15H,4-6,9-14H2,1-3H3,(H,24,26). The molecule has 4 rings (SSSR count). The van der Waals surface area contributed by atoms with Gasteiger partial charge in [0.1, 0.15) is 5.60 Å². The van der Waals surface area contributed by atoms with Crippen LogP contribution in [0, 0.1) is 0 Å². The lowest BCUT2D eigenvalue weighted by Crippen LogP contribution is -2.41. The number of hydrogen-bond donors (Lipinski definition) is 1. The third-order valence-electron chi connectivity index (χ3n) is 6.32. The van der Waals surface area contributed by atoms with Gasteiger partial charge in [0.05, 0.1) is 16.8 Å². The van der Waals surface area contributed by atoms with Gasteiger partial charge in [0.15, 0.2) is 0 Å². The molecule has 1 N–H and O–H groups in total. The predicted molar refractivity (Wildman–Crippen MR) is 107 cm³/mol. The average molecular weight is 386 g/mol. The minimum Gasteiger partial charge on any atom is -0.444 e. The molecule has 1 aromatic rings. The number of carbonyl (C=O) groups is 2. The van der Waals surface area contributed by atoms with Crippen LogP contribution in [0.1, 0.15) is 83.0 Å². The van der Waals surface area contributed by atoms with Crippen LogP contribution in [0.3, 0.4) is 0 Å². The van der Waals surface area contributed by atoms with Crippen LogP contribution >= 0.6 is 0 Å². The molecule has 1 saturated carbocycles. The quantitative estimate of drug-likeness (QED) is 0.780. The first-order valence-corrected chi connectivity index (χ1v) is 10.6. The molecule has 1 aromatic heterocycles. The number of piperidine rings is 1. The van der Waals surface area contributed by atoms with E-state index < -0.39 is 11.0 Å². The minimum atomic E-state index is -0.469. The van der Waals surface area contributed by atoms with Gasteiger partial charge in [-0.05, 0) is 58.6 Å². The van der Waals surface area contributed by atoms with E-state index in [-0.39, 0.29) is 12.0 Å². The fraction of sp³-hybridized carbons (Fsp3) is 0.682. The molecule has 1 saturated heterocycles. The van der Waals surface area contributed by atoms with Crippen molar-refractivity contribution in [1.29, 1.82) is 0 Å². The van der Waals surface area contributed by atoms with Gasteiger partial charge >= 0.3 is 6.09 Å². The SMILES string of the molecule is CC(C)(C)OC(=O)N1CCC(c2ccc3c(n2)C2(CCCCC2)C(=O)N3)CC1. The highest BCUT2D eigenvalue weighted by molar-refractivity contribution is 6.05. The van der Waals surface area contributed by atoms with E-state index in [1.165, 1.54) is 6.42 Å². The van der Waals surface area contributed by atoms with Gasteiger partial charge in [0, 0.05) is 24.7 Å². The van der Waals surface area contributed by atoms with Gasteiger partial charge in [-0.15, -0.1) is 0 Å². The van der Waals surface area contributed by atoms with Gasteiger partial charge < -0.3 is 15.0 Å². The molecule has 28 heavy (non-hydrogen) atoms. The summed E-state index contributed by atoms with van der Waals surface area (Å²) < 4.78 is 5.49. The van der Waals surface area contributed by atoms with E-state index in [0.717, 1.165) is 55.6 Å². The highest BCUT2D eigenvalue weighted by Crippen LogP contribution is 2.47. The highest BCUT2D eigenvalue weighted by atomic mass is 16.6. The van der Waals surface area contributed by atoms with E-state index in [1.54, 1.807) is 4.90 Å². The summed E-state index contributed by atoms with van der Waals surface area (Å²) in [4.78, 5) is 31.8. The molecular weight excluding hydrogens is 354 g/mol. The van der Waals surface area contributed by atoms with Crippen molar-refractivity contribution in [3.8, 4) is 0 Å². The normalized spacial score (nSPS) is 22.1. The maximum atomic E-state index is 12.7. The Morgan fingerprint density at radius 2 is 1.86 bits per heavy atom. The fourth-order valence-electron chi connectivity index (χ4n) is 4.82. The summed E-state index contributed by atoms with van der Waals surface area (Å²) in [5.41, 5.74) is 2.03. The summed E-state index contributed by atoms with van der Waals surface area (Å²) in [5, 5.41) is 3.06. The van der Waals surface area contributed by atoms with Gasteiger partial charge in [-0.1, -0.05) is 19.3 Å². The second-order valence-electron chi connectivity index (χ2n) is 9.47. The zero-order valence-electron chi connectivity index (χ0n) is 17.2. The van der Waals surface area contributed by atoms with Crippen LogP contribution in [0.25, 0.3) is 0 Å². The first-order chi connectivity index (χ1) is 13.3. The Kier molecular flexibility index (Phi) is 4.84. The topological polar surface area (TPSA) is 71.5 Å². The fourth-order valence-corrected chi connectivity index (χ4v) is 4.82. The number of ether oxygens (including phenoxy) is 1. The molecule has 6 nitrogen and oxygen atoms in total. The number of hydrogen-bond acceptors (Lipinski definition) is 4. The Morgan fingerprint density at radius 3 is 2.50 bits per heavy atom. The Hall–Kier alpha value is -2.11. The first-order valence-electron chi connectivity index (χ1n) is 10.6. The molecule has 2 amide bonds. The third kappa shape index (κ3) is 3.49. The summed E-state index contributed by atoms with van der Waals surface area (Å²) in [7, 11) is 0. The van der Waals surface area contributed by atoms with Crippen LogP contribution < -0.4 is 5.32 Å². The molecule has 3 heterocycles. The Labute approximate surface area is 167 Å². The molecule has 0 aromatic carbocycles. The second kappa shape index (κ2) is 7.05. The van der Waals surface area contributed by atoms with Crippen LogP contribution in [0.15, 0.2) is 12.1 Å². The van der Waals surface area contributed by atoms with Crippen molar-refractivity contribution in [1.82, 2.24) is 9.88 Å². The van der Waals surface area contributed by atoms with Crippen molar-refractivity contribution in [3.05, 3.63) is 23.5 Å². The minimum absolute atomic E-state index is 0.131. The zero-order valence-corrected chi connectivity index (χ0v) is 17.2. The van der Waals surface area contributed by atoms with Crippen LogP contribution in [-0.2, 0) is 14.9 Å². The lowest BCUT2D eigenvalue weighted by Gasteiger charge is -2.34. The van der Waals surface area contributed by atoms with E-state index in [4.69, 9.17) is 9.72 Å². The number of fused-ring (bicyclic) bond motifs is 2. The highest BCUT2D eigenvalue weighted by Gasteiger charge is 2.48. The zero-order chi connectivity index (χ0) is 19.9. The summed E-state index contributed by atoms with van der Waals surface area (Å²) in [6.45, 7) is 7.04. The van der Waals surface area contributed by atoms with Crippen LogP contribution in [0.2, 0.25) is 0 Å². The van der Waals surface area contributed by atoms with Crippen molar-refractivity contribution >= 4 is 17.7 Å². The van der Waals surface area contributed by atoms with Crippen LogP contribution in [0.4, 0.5) is 10.5 Å². The number of anilines is 1. The summed E-state index contributed by atoms with van der Waals surface area (Å²) in [6, 6.07) is 4.08. The first kappa shape index (κ1) is 19.2. The number of rotatable bonds is 1. The van der Waals surface area contributed by atoms with Crippen molar-refractivity contribution < 1.29 is 14.3 Å². The smallest absolute Gasteiger partial charge is 0.410 e. The van der Waals surface area contributed by atoms with Gasteiger partial charge in [0.2, 0.25) is 5.91 Å². The van der Waals surface area contributed by atoms with Crippen molar-refractivity contribution in [2.45, 2.75) is 82.7 Å². The Balaban J connectivity index is 1.47. The number of likely N-dealkylation sites (tertiary alicyclic amines) is 1. The Bertz CT molecular complexity index is 770. The van der Waals surface area contributed by atoms with E-state index in [2.05, 4.69) is 11.4 Å². The van der Waals surface area contributed by atoms with Crippen LogP contribution in [-0.4, -0.2) is 40.6 Å². The van der Waals surface area contributed by atoms with E-state index in [0.29, 0.717) is 19.0 Å². The Morgan fingerprint density at radius 1 is 1.18 bits per heavy atom. The lowest BCUT2D eigenvalue weighted by molar-refractivity contribution is -0.122. The molecule has 0 atom stereocenters. The average Bonchev–Trinajstić information content (AvgIpc) is 2.92. The van der Waals surface area contributed by atoms with Gasteiger partial charge in [-0.3, -0.25) is 9.78 Å². The number of pyridine rings is 1.